The van der Waals surface area contributed by atoms with Crippen molar-refractivity contribution in [3.05, 3.63) is 0 Å². The number of thioether (sulfide) groups is 1. The zero-order valence-electron chi connectivity index (χ0n) is 10.8. The Morgan fingerprint density at radius 3 is 3.06 bits per heavy atom. The molecule has 2 aliphatic heterocycles. The van der Waals surface area contributed by atoms with Gasteiger partial charge in [-0.05, 0) is 19.8 Å². The SMILES string of the molecule is CC1CCCCCN1C(=O)CC1CSCCN1. The zero-order chi connectivity index (χ0) is 12.1. The molecule has 0 aromatic heterocycles. The van der Waals surface area contributed by atoms with Crippen molar-refractivity contribution < 1.29 is 4.79 Å². The van der Waals surface area contributed by atoms with Gasteiger partial charge in [0.1, 0.15) is 0 Å². The topological polar surface area (TPSA) is 32.3 Å². The van der Waals surface area contributed by atoms with Crippen LogP contribution in [0.1, 0.15) is 39.0 Å². The first kappa shape index (κ1) is 13.2. The molecule has 0 bridgehead atoms. The van der Waals surface area contributed by atoms with Crippen LogP contribution in [0.15, 0.2) is 0 Å². The highest BCUT2D eigenvalue weighted by Crippen LogP contribution is 2.19. The maximum atomic E-state index is 12.3. The van der Waals surface area contributed by atoms with E-state index in [0.717, 1.165) is 18.8 Å². The lowest BCUT2D eigenvalue weighted by Crippen LogP contribution is -2.45. The molecule has 2 saturated heterocycles. The second-order valence-electron chi connectivity index (χ2n) is 5.22. The Balaban J connectivity index is 1.84. The van der Waals surface area contributed by atoms with E-state index in [1.807, 2.05) is 11.8 Å². The maximum Gasteiger partial charge on any atom is 0.224 e. The predicted molar refractivity (Wildman–Crippen MR) is 73.4 cm³/mol. The number of hydrogen-bond donors (Lipinski definition) is 1. The van der Waals surface area contributed by atoms with Gasteiger partial charge in [0, 0.05) is 43.1 Å². The van der Waals surface area contributed by atoms with Gasteiger partial charge in [-0.3, -0.25) is 4.79 Å². The number of likely N-dealkylation sites (tertiary alicyclic amines) is 1. The molecule has 17 heavy (non-hydrogen) atoms. The van der Waals surface area contributed by atoms with E-state index >= 15 is 0 Å². The number of nitrogens with zero attached hydrogens (tertiary/aromatic N) is 1. The normalized spacial score (nSPS) is 31.0. The van der Waals surface area contributed by atoms with E-state index in [9.17, 15) is 4.79 Å². The van der Waals surface area contributed by atoms with Crippen molar-refractivity contribution in [2.24, 2.45) is 0 Å². The van der Waals surface area contributed by atoms with Crippen LogP contribution in [0.4, 0.5) is 0 Å². The summed E-state index contributed by atoms with van der Waals surface area (Å²) in [6, 6.07) is 0.845. The van der Waals surface area contributed by atoms with Gasteiger partial charge >= 0.3 is 0 Å². The molecular weight excluding hydrogens is 232 g/mol. The van der Waals surface area contributed by atoms with E-state index < -0.39 is 0 Å². The van der Waals surface area contributed by atoms with Crippen molar-refractivity contribution in [3.63, 3.8) is 0 Å². The summed E-state index contributed by atoms with van der Waals surface area (Å²) in [6.07, 6.45) is 5.62. The van der Waals surface area contributed by atoms with Gasteiger partial charge in [0.15, 0.2) is 0 Å². The summed E-state index contributed by atoms with van der Waals surface area (Å²) < 4.78 is 0. The number of hydrogen-bond acceptors (Lipinski definition) is 3. The Hall–Kier alpha value is -0.220. The molecule has 0 saturated carbocycles. The predicted octanol–water partition coefficient (Wildman–Crippen LogP) is 1.87. The van der Waals surface area contributed by atoms with Crippen LogP contribution in [0.25, 0.3) is 0 Å². The lowest BCUT2D eigenvalue weighted by Gasteiger charge is -2.30. The maximum absolute atomic E-state index is 12.3. The lowest BCUT2D eigenvalue weighted by atomic mass is 10.1. The lowest BCUT2D eigenvalue weighted by molar-refractivity contribution is -0.133. The fourth-order valence-corrected chi connectivity index (χ4v) is 3.67. The van der Waals surface area contributed by atoms with Crippen molar-refractivity contribution in [3.8, 4) is 0 Å². The molecule has 0 aromatic rings. The third kappa shape index (κ3) is 3.88. The molecule has 2 aliphatic rings. The molecule has 1 N–H and O–H groups in total. The zero-order valence-corrected chi connectivity index (χ0v) is 11.6. The number of nitrogens with one attached hydrogen (secondary N) is 1. The highest BCUT2D eigenvalue weighted by Gasteiger charge is 2.25. The van der Waals surface area contributed by atoms with Gasteiger partial charge in [-0.1, -0.05) is 12.8 Å². The summed E-state index contributed by atoms with van der Waals surface area (Å²) in [5.41, 5.74) is 0. The standard InChI is InChI=1S/C13H24N2OS/c1-11-5-3-2-4-7-15(11)13(16)9-12-10-17-8-6-14-12/h11-12,14H,2-10H2,1H3. The van der Waals surface area contributed by atoms with E-state index in [2.05, 4.69) is 17.1 Å². The summed E-state index contributed by atoms with van der Waals surface area (Å²) in [4.78, 5) is 14.4. The van der Waals surface area contributed by atoms with Crippen LogP contribution in [-0.4, -0.2) is 47.5 Å². The third-order valence-electron chi connectivity index (χ3n) is 3.79. The van der Waals surface area contributed by atoms with Crippen LogP contribution in [0.2, 0.25) is 0 Å². The Morgan fingerprint density at radius 2 is 2.29 bits per heavy atom. The van der Waals surface area contributed by atoms with Crippen LogP contribution in [0, 0.1) is 0 Å². The number of rotatable bonds is 2. The summed E-state index contributed by atoms with van der Waals surface area (Å²) in [7, 11) is 0. The molecule has 0 spiro atoms. The molecule has 0 radical (unpaired) electrons. The highest BCUT2D eigenvalue weighted by atomic mass is 32.2. The molecule has 4 heteroatoms. The second-order valence-corrected chi connectivity index (χ2v) is 6.37. The Bertz CT molecular complexity index is 254. The third-order valence-corrected chi connectivity index (χ3v) is 4.92. The van der Waals surface area contributed by atoms with Crippen molar-refractivity contribution in [1.29, 1.82) is 0 Å². The van der Waals surface area contributed by atoms with Crippen molar-refractivity contribution >= 4 is 17.7 Å². The van der Waals surface area contributed by atoms with Gasteiger partial charge in [-0.2, -0.15) is 11.8 Å². The summed E-state index contributed by atoms with van der Waals surface area (Å²) in [5, 5.41) is 3.45. The van der Waals surface area contributed by atoms with E-state index in [-0.39, 0.29) is 0 Å². The quantitative estimate of drug-likeness (QED) is 0.818. The average molecular weight is 256 g/mol. The van der Waals surface area contributed by atoms with Gasteiger partial charge in [0.25, 0.3) is 0 Å². The molecule has 2 atom stereocenters. The van der Waals surface area contributed by atoms with Crippen LogP contribution >= 0.6 is 11.8 Å². The Labute approximate surface area is 109 Å². The monoisotopic (exact) mass is 256 g/mol. The first-order chi connectivity index (χ1) is 8.27. The van der Waals surface area contributed by atoms with Crippen LogP contribution in [0.5, 0.6) is 0 Å². The molecule has 2 unspecified atom stereocenters. The highest BCUT2D eigenvalue weighted by molar-refractivity contribution is 7.99. The minimum atomic E-state index is 0.361. The van der Waals surface area contributed by atoms with E-state index in [4.69, 9.17) is 0 Å². The molecule has 98 valence electrons. The van der Waals surface area contributed by atoms with Crippen molar-refractivity contribution in [2.75, 3.05) is 24.6 Å². The molecule has 2 rings (SSSR count). The Kier molecular flexibility index (Phi) is 5.16. The first-order valence-corrected chi connectivity index (χ1v) is 8.03. The number of carbonyl (C=O) groups excluding carboxylic acids is 1. The van der Waals surface area contributed by atoms with Gasteiger partial charge in [0.05, 0.1) is 0 Å². The first-order valence-electron chi connectivity index (χ1n) is 6.88. The fourth-order valence-electron chi connectivity index (χ4n) is 2.72. The fraction of sp³-hybridized carbons (Fsp3) is 0.923. The van der Waals surface area contributed by atoms with Crippen LogP contribution in [0.3, 0.4) is 0 Å². The van der Waals surface area contributed by atoms with Gasteiger partial charge in [0.2, 0.25) is 5.91 Å². The molecule has 0 aliphatic carbocycles. The van der Waals surface area contributed by atoms with Gasteiger partial charge < -0.3 is 10.2 Å². The van der Waals surface area contributed by atoms with Gasteiger partial charge in [-0.25, -0.2) is 0 Å². The summed E-state index contributed by atoms with van der Waals surface area (Å²) >= 11 is 1.96. The van der Waals surface area contributed by atoms with Crippen LogP contribution in [-0.2, 0) is 4.79 Å². The Morgan fingerprint density at radius 1 is 1.41 bits per heavy atom. The molecule has 3 nitrogen and oxygen atoms in total. The molecular formula is C13H24N2OS. The van der Waals surface area contributed by atoms with E-state index in [1.165, 1.54) is 31.4 Å². The molecule has 0 aromatic carbocycles. The van der Waals surface area contributed by atoms with E-state index in [1.54, 1.807) is 0 Å². The van der Waals surface area contributed by atoms with Crippen molar-refractivity contribution in [1.82, 2.24) is 10.2 Å². The van der Waals surface area contributed by atoms with Crippen LogP contribution < -0.4 is 5.32 Å². The minimum absolute atomic E-state index is 0.361. The number of carbonyl (C=O) groups is 1. The molecule has 1 amide bonds. The summed E-state index contributed by atoms with van der Waals surface area (Å²) in [5.74, 6) is 2.64. The van der Waals surface area contributed by atoms with E-state index in [0.29, 0.717) is 24.4 Å². The minimum Gasteiger partial charge on any atom is -0.340 e. The smallest absolute Gasteiger partial charge is 0.224 e. The van der Waals surface area contributed by atoms with Crippen molar-refractivity contribution in [2.45, 2.75) is 51.1 Å². The molecule has 2 fully saturated rings. The van der Waals surface area contributed by atoms with Gasteiger partial charge in [-0.15, -0.1) is 0 Å². The molecule has 2 heterocycles. The second kappa shape index (κ2) is 6.64. The summed E-state index contributed by atoms with van der Waals surface area (Å²) in [6.45, 7) is 4.23. The number of amides is 1. The average Bonchev–Trinajstić information content (AvgIpc) is 2.55. The largest absolute Gasteiger partial charge is 0.340 e.